The fourth-order valence-electron chi connectivity index (χ4n) is 2.60. The van der Waals surface area contributed by atoms with Crippen LogP contribution in [0.1, 0.15) is 26.7 Å². The first kappa shape index (κ1) is 10.4. The van der Waals surface area contributed by atoms with Gasteiger partial charge in [0.1, 0.15) is 5.72 Å². The molecule has 0 aromatic rings. The minimum atomic E-state index is 0.0887. The minimum absolute atomic E-state index is 0.0887. The van der Waals surface area contributed by atoms with Gasteiger partial charge in [-0.25, -0.2) is 0 Å². The second-order valence-corrected chi connectivity index (χ2v) is 4.85. The second-order valence-electron chi connectivity index (χ2n) is 4.85. The zero-order valence-electron chi connectivity index (χ0n) is 9.62. The van der Waals surface area contributed by atoms with Crippen molar-refractivity contribution in [1.82, 2.24) is 9.80 Å². The zero-order valence-corrected chi connectivity index (χ0v) is 9.62. The minimum Gasteiger partial charge on any atom is -0.359 e. The van der Waals surface area contributed by atoms with Crippen molar-refractivity contribution in [3.63, 3.8) is 0 Å². The molecule has 0 radical (unpaired) electrons. The molecule has 0 aliphatic carbocycles. The fraction of sp³-hybridized carbons (Fsp3) is 1.00. The first-order valence-electron chi connectivity index (χ1n) is 5.73. The maximum absolute atomic E-state index is 5.92. The molecule has 0 aromatic heterocycles. The van der Waals surface area contributed by atoms with Crippen molar-refractivity contribution in [2.45, 2.75) is 38.5 Å². The first-order chi connectivity index (χ1) is 6.64. The lowest BCUT2D eigenvalue weighted by molar-refractivity contribution is -0.114. The van der Waals surface area contributed by atoms with Crippen molar-refractivity contribution in [2.24, 2.45) is 0 Å². The largest absolute Gasteiger partial charge is 0.359 e. The molecule has 0 aromatic carbocycles. The molecule has 3 heteroatoms. The molecule has 2 fully saturated rings. The number of likely N-dealkylation sites (N-methyl/N-ethyl adjacent to an activating group) is 1. The molecule has 0 N–H and O–H groups in total. The summed E-state index contributed by atoms with van der Waals surface area (Å²) in [4.78, 5) is 4.94. The van der Waals surface area contributed by atoms with E-state index in [9.17, 15) is 0 Å². The molecule has 2 aliphatic rings. The Morgan fingerprint density at radius 3 is 2.21 bits per heavy atom. The van der Waals surface area contributed by atoms with Crippen molar-refractivity contribution >= 4 is 0 Å². The first-order valence-corrected chi connectivity index (χ1v) is 5.73. The molecular weight excluding hydrogens is 176 g/mol. The molecule has 0 amide bonds. The predicted molar refractivity (Wildman–Crippen MR) is 57.3 cm³/mol. The Morgan fingerprint density at radius 2 is 1.79 bits per heavy atom. The standard InChI is InChI=1S/C11H22N2O/c1-10(2)13-6-4-11(5-7-13)12(3)8-9-14-11/h10H,4-9H2,1-3H3. The molecule has 2 heterocycles. The van der Waals surface area contributed by atoms with Gasteiger partial charge in [0.15, 0.2) is 0 Å². The van der Waals surface area contributed by atoms with Crippen molar-refractivity contribution in [3.05, 3.63) is 0 Å². The number of hydrogen-bond acceptors (Lipinski definition) is 3. The Kier molecular flexibility index (Phi) is 2.82. The summed E-state index contributed by atoms with van der Waals surface area (Å²) < 4.78 is 5.92. The summed E-state index contributed by atoms with van der Waals surface area (Å²) in [5, 5.41) is 0. The quantitative estimate of drug-likeness (QED) is 0.628. The third kappa shape index (κ3) is 1.69. The lowest BCUT2D eigenvalue weighted by atomic mass is 9.98. The monoisotopic (exact) mass is 198 g/mol. The summed E-state index contributed by atoms with van der Waals surface area (Å²) in [5.41, 5.74) is 0.0887. The van der Waals surface area contributed by atoms with Crippen LogP contribution in [-0.2, 0) is 4.74 Å². The highest BCUT2D eigenvalue weighted by Gasteiger charge is 2.42. The van der Waals surface area contributed by atoms with Gasteiger partial charge < -0.3 is 9.64 Å². The van der Waals surface area contributed by atoms with Crippen LogP contribution < -0.4 is 0 Å². The van der Waals surface area contributed by atoms with Crippen LogP contribution >= 0.6 is 0 Å². The Balaban J connectivity index is 1.94. The van der Waals surface area contributed by atoms with Gasteiger partial charge >= 0.3 is 0 Å². The van der Waals surface area contributed by atoms with Gasteiger partial charge in [-0.1, -0.05) is 0 Å². The molecule has 0 saturated carbocycles. The van der Waals surface area contributed by atoms with Gasteiger partial charge in [0.05, 0.1) is 6.61 Å². The average molecular weight is 198 g/mol. The van der Waals surface area contributed by atoms with E-state index in [1.54, 1.807) is 0 Å². The van der Waals surface area contributed by atoms with Crippen molar-refractivity contribution in [1.29, 1.82) is 0 Å². The smallest absolute Gasteiger partial charge is 0.124 e. The van der Waals surface area contributed by atoms with E-state index in [4.69, 9.17) is 4.74 Å². The van der Waals surface area contributed by atoms with Gasteiger partial charge in [0.2, 0.25) is 0 Å². The van der Waals surface area contributed by atoms with Crippen LogP contribution in [0.2, 0.25) is 0 Å². The molecule has 0 bridgehead atoms. The molecule has 2 aliphatic heterocycles. The van der Waals surface area contributed by atoms with E-state index in [-0.39, 0.29) is 5.72 Å². The second kappa shape index (κ2) is 3.80. The summed E-state index contributed by atoms with van der Waals surface area (Å²) in [7, 11) is 2.19. The van der Waals surface area contributed by atoms with Crippen molar-refractivity contribution in [3.8, 4) is 0 Å². The van der Waals surface area contributed by atoms with Gasteiger partial charge in [0.25, 0.3) is 0 Å². The molecule has 0 unspecified atom stereocenters. The van der Waals surface area contributed by atoms with Crippen LogP contribution in [0.3, 0.4) is 0 Å². The van der Waals surface area contributed by atoms with Gasteiger partial charge in [0, 0.05) is 38.5 Å². The number of hydrogen-bond donors (Lipinski definition) is 0. The van der Waals surface area contributed by atoms with Gasteiger partial charge in [-0.05, 0) is 20.9 Å². The highest BCUT2D eigenvalue weighted by atomic mass is 16.5. The van der Waals surface area contributed by atoms with Gasteiger partial charge in [-0.2, -0.15) is 0 Å². The van der Waals surface area contributed by atoms with E-state index in [1.807, 2.05) is 0 Å². The van der Waals surface area contributed by atoms with E-state index in [0.717, 1.165) is 13.2 Å². The summed E-state index contributed by atoms with van der Waals surface area (Å²) in [6.45, 7) is 8.93. The van der Waals surface area contributed by atoms with E-state index in [2.05, 4.69) is 30.7 Å². The molecule has 0 atom stereocenters. The topological polar surface area (TPSA) is 15.7 Å². The number of rotatable bonds is 1. The maximum atomic E-state index is 5.92. The summed E-state index contributed by atoms with van der Waals surface area (Å²) >= 11 is 0. The highest BCUT2D eigenvalue weighted by Crippen LogP contribution is 2.33. The summed E-state index contributed by atoms with van der Waals surface area (Å²) in [6.07, 6.45) is 2.34. The lowest BCUT2D eigenvalue weighted by Gasteiger charge is -2.43. The predicted octanol–water partition coefficient (Wildman–Crippen LogP) is 1.15. The molecule has 2 rings (SSSR count). The van der Waals surface area contributed by atoms with Crippen molar-refractivity contribution in [2.75, 3.05) is 33.3 Å². The number of ether oxygens (including phenoxy) is 1. The number of nitrogens with zero attached hydrogens (tertiary/aromatic N) is 2. The molecule has 14 heavy (non-hydrogen) atoms. The third-order valence-corrected chi connectivity index (χ3v) is 3.80. The van der Waals surface area contributed by atoms with Gasteiger partial charge in [-0.15, -0.1) is 0 Å². The van der Waals surface area contributed by atoms with Crippen LogP contribution in [0.4, 0.5) is 0 Å². The van der Waals surface area contributed by atoms with Crippen LogP contribution in [0, 0.1) is 0 Å². The normalized spacial score (nSPS) is 29.1. The lowest BCUT2D eigenvalue weighted by Crippen LogP contribution is -2.52. The molecular formula is C11H22N2O. The highest BCUT2D eigenvalue weighted by molar-refractivity contribution is 4.90. The summed E-state index contributed by atoms with van der Waals surface area (Å²) in [6, 6.07) is 0.680. The number of likely N-dealkylation sites (tertiary alicyclic amines) is 1. The zero-order chi connectivity index (χ0) is 10.2. The Bertz CT molecular complexity index is 197. The van der Waals surface area contributed by atoms with E-state index >= 15 is 0 Å². The Labute approximate surface area is 87.0 Å². The molecule has 3 nitrogen and oxygen atoms in total. The Hall–Kier alpha value is -0.120. The van der Waals surface area contributed by atoms with Crippen LogP contribution in [0.5, 0.6) is 0 Å². The fourth-order valence-corrected chi connectivity index (χ4v) is 2.60. The van der Waals surface area contributed by atoms with Crippen LogP contribution in [0.25, 0.3) is 0 Å². The molecule has 2 saturated heterocycles. The SMILES string of the molecule is CC(C)N1CCC2(CC1)OCCN2C. The third-order valence-electron chi connectivity index (χ3n) is 3.80. The van der Waals surface area contributed by atoms with Crippen LogP contribution in [-0.4, -0.2) is 54.9 Å². The Morgan fingerprint density at radius 1 is 1.14 bits per heavy atom. The average Bonchev–Trinajstić information content (AvgIpc) is 2.49. The summed E-state index contributed by atoms with van der Waals surface area (Å²) in [5.74, 6) is 0. The molecule has 1 spiro atoms. The van der Waals surface area contributed by atoms with E-state index in [1.165, 1.54) is 25.9 Å². The van der Waals surface area contributed by atoms with E-state index in [0.29, 0.717) is 6.04 Å². The van der Waals surface area contributed by atoms with Crippen LogP contribution in [0.15, 0.2) is 0 Å². The maximum Gasteiger partial charge on any atom is 0.124 e. The number of piperidine rings is 1. The van der Waals surface area contributed by atoms with Crippen molar-refractivity contribution < 1.29 is 4.74 Å². The van der Waals surface area contributed by atoms with Gasteiger partial charge in [-0.3, -0.25) is 4.90 Å². The van der Waals surface area contributed by atoms with E-state index < -0.39 is 0 Å². The molecule has 82 valence electrons.